The molecular formula is C22H22F3N3O3. The number of rotatable bonds is 4. The fourth-order valence-corrected chi connectivity index (χ4v) is 4.63. The molecule has 1 spiro atoms. The van der Waals surface area contributed by atoms with Crippen molar-refractivity contribution in [2.75, 3.05) is 6.54 Å². The molecule has 1 aliphatic heterocycles. The molecule has 1 saturated heterocycles. The summed E-state index contributed by atoms with van der Waals surface area (Å²) >= 11 is 0. The highest BCUT2D eigenvalue weighted by atomic mass is 19.4. The van der Waals surface area contributed by atoms with Gasteiger partial charge in [0, 0.05) is 22.6 Å². The van der Waals surface area contributed by atoms with Crippen LogP contribution in [0, 0.1) is 13.8 Å². The first-order valence-corrected chi connectivity index (χ1v) is 10.1. The molecule has 0 radical (unpaired) electrons. The number of hydrogen-bond donors (Lipinski definition) is 1. The van der Waals surface area contributed by atoms with Gasteiger partial charge in [-0.05, 0) is 51.0 Å². The van der Waals surface area contributed by atoms with Gasteiger partial charge >= 0.3 is 12.2 Å². The quantitative estimate of drug-likeness (QED) is 0.581. The van der Waals surface area contributed by atoms with Crippen LogP contribution in [0.25, 0.3) is 5.69 Å². The van der Waals surface area contributed by atoms with Crippen LogP contribution in [0.3, 0.4) is 0 Å². The van der Waals surface area contributed by atoms with Crippen molar-refractivity contribution in [3.8, 4) is 5.69 Å². The number of urea groups is 1. The van der Waals surface area contributed by atoms with Gasteiger partial charge in [0.25, 0.3) is 5.91 Å². The number of alkyl halides is 3. The van der Waals surface area contributed by atoms with Crippen molar-refractivity contribution >= 4 is 17.7 Å². The van der Waals surface area contributed by atoms with Gasteiger partial charge in [-0.25, -0.2) is 4.79 Å². The van der Waals surface area contributed by atoms with Gasteiger partial charge < -0.3 is 9.88 Å². The monoisotopic (exact) mass is 433 g/mol. The Kier molecular flexibility index (Phi) is 4.94. The second kappa shape index (κ2) is 7.25. The highest BCUT2D eigenvalue weighted by molar-refractivity contribution is 6.11. The highest BCUT2D eigenvalue weighted by Gasteiger charge is 2.52. The lowest BCUT2D eigenvalue weighted by Gasteiger charge is -2.19. The number of imide groups is 1. The highest BCUT2D eigenvalue weighted by Crippen LogP contribution is 2.35. The zero-order valence-corrected chi connectivity index (χ0v) is 17.2. The number of benzene rings is 1. The largest absolute Gasteiger partial charge is 0.416 e. The Bertz CT molecular complexity index is 1080. The molecule has 3 amide bonds. The van der Waals surface area contributed by atoms with Gasteiger partial charge in [0.15, 0.2) is 5.78 Å². The summed E-state index contributed by atoms with van der Waals surface area (Å²) in [6.45, 7) is 2.91. The van der Waals surface area contributed by atoms with Crippen LogP contribution >= 0.6 is 0 Å². The molecule has 164 valence electrons. The average Bonchev–Trinajstić information content (AvgIpc) is 3.35. The number of nitrogens with one attached hydrogen (secondary N) is 1. The molecule has 4 rings (SSSR count). The number of halogens is 3. The predicted molar refractivity (Wildman–Crippen MR) is 106 cm³/mol. The number of Topliss-reactive ketones (excluding diaryl/α,β-unsaturated/α-hetero) is 1. The van der Waals surface area contributed by atoms with E-state index in [0.717, 1.165) is 29.9 Å². The summed E-state index contributed by atoms with van der Waals surface area (Å²) in [5.74, 6) is -0.820. The second-order valence-electron chi connectivity index (χ2n) is 8.20. The topological polar surface area (TPSA) is 71.4 Å². The van der Waals surface area contributed by atoms with Crippen molar-refractivity contribution in [2.45, 2.75) is 51.2 Å². The van der Waals surface area contributed by atoms with E-state index in [2.05, 4.69) is 5.32 Å². The van der Waals surface area contributed by atoms with Crippen molar-refractivity contribution in [3.05, 3.63) is 52.8 Å². The van der Waals surface area contributed by atoms with Gasteiger partial charge in [0.05, 0.1) is 12.1 Å². The minimum Gasteiger partial charge on any atom is -0.323 e. The second-order valence-corrected chi connectivity index (χ2v) is 8.20. The van der Waals surface area contributed by atoms with E-state index in [1.807, 2.05) is 0 Å². The zero-order valence-electron chi connectivity index (χ0n) is 17.2. The predicted octanol–water partition coefficient (Wildman–Crippen LogP) is 4.16. The van der Waals surface area contributed by atoms with Gasteiger partial charge in [-0.2, -0.15) is 13.2 Å². The Morgan fingerprint density at radius 1 is 1.13 bits per heavy atom. The minimum absolute atomic E-state index is 0.267. The summed E-state index contributed by atoms with van der Waals surface area (Å²) < 4.78 is 40.9. The molecule has 1 N–H and O–H groups in total. The molecular weight excluding hydrogens is 411 g/mol. The standard InChI is InChI=1S/C22H22F3N3O3/c1-13-10-17(14(2)28(13)16-7-5-6-15(11-16)22(23,24)25)18(29)12-27-19(30)21(26-20(27)31)8-3-4-9-21/h5-7,10-11H,3-4,8-9,12H2,1-2H3,(H,26,31). The molecule has 1 saturated carbocycles. The van der Waals surface area contributed by atoms with Gasteiger partial charge in [0.2, 0.25) is 0 Å². The first-order chi connectivity index (χ1) is 14.5. The van der Waals surface area contributed by atoms with E-state index < -0.39 is 35.6 Å². The number of carbonyl (C=O) groups is 3. The van der Waals surface area contributed by atoms with Crippen LogP contribution in [0.2, 0.25) is 0 Å². The maximum absolute atomic E-state index is 13.1. The third-order valence-electron chi connectivity index (χ3n) is 6.17. The summed E-state index contributed by atoms with van der Waals surface area (Å²) in [5.41, 5.74) is -0.112. The van der Waals surface area contributed by atoms with Crippen molar-refractivity contribution in [1.29, 1.82) is 0 Å². The van der Waals surface area contributed by atoms with Gasteiger partial charge in [0.1, 0.15) is 5.54 Å². The van der Waals surface area contributed by atoms with Crippen molar-refractivity contribution in [2.24, 2.45) is 0 Å². The summed E-state index contributed by atoms with van der Waals surface area (Å²) in [5, 5.41) is 2.74. The Balaban J connectivity index is 1.61. The number of aryl methyl sites for hydroxylation is 1. The van der Waals surface area contributed by atoms with E-state index in [9.17, 15) is 27.6 Å². The molecule has 9 heteroatoms. The molecule has 2 aromatic rings. The normalized spacial score (nSPS) is 18.2. The van der Waals surface area contributed by atoms with Crippen LogP contribution in [0.15, 0.2) is 30.3 Å². The molecule has 31 heavy (non-hydrogen) atoms. The average molecular weight is 433 g/mol. The summed E-state index contributed by atoms with van der Waals surface area (Å²) in [6, 6.07) is 5.85. The SMILES string of the molecule is Cc1cc(C(=O)CN2C(=O)NC3(CCCC3)C2=O)c(C)n1-c1cccc(C(F)(F)F)c1. The molecule has 0 atom stereocenters. The molecule has 0 unspecified atom stereocenters. The third-order valence-corrected chi connectivity index (χ3v) is 6.17. The summed E-state index contributed by atoms with van der Waals surface area (Å²) in [6.07, 6.45) is -1.68. The van der Waals surface area contributed by atoms with E-state index in [1.165, 1.54) is 12.1 Å². The van der Waals surface area contributed by atoms with Gasteiger partial charge in [-0.1, -0.05) is 18.9 Å². The number of ketones is 1. The lowest BCUT2D eigenvalue weighted by atomic mass is 9.98. The summed E-state index contributed by atoms with van der Waals surface area (Å²) in [4.78, 5) is 39.1. The summed E-state index contributed by atoms with van der Waals surface area (Å²) in [7, 11) is 0. The Labute approximate surface area is 177 Å². The molecule has 2 fully saturated rings. The van der Waals surface area contributed by atoms with Crippen molar-refractivity contribution in [1.82, 2.24) is 14.8 Å². The van der Waals surface area contributed by atoms with Crippen LogP contribution in [0.4, 0.5) is 18.0 Å². The number of hydrogen-bond acceptors (Lipinski definition) is 3. The number of amides is 3. The molecule has 2 aliphatic rings. The van der Waals surface area contributed by atoms with E-state index in [4.69, 9.17) is 0 Å². The van der Waals surface area contributed by atoms with E-state index in [0.29, 0.717) is 24.2 Å². The molecule has 6 nitrogen and oxygen atoms in total. The third kappa shape index (κ3) is 3.51. The Morgan fingerprint density at radius 2 is 1.81 bits per heavy atom. The zero-order chi connectivity index (χ0) is 22.6. The first kappa shape index (κ1) is 21.1. The van der Waals surface area contributed by atoms with Gasteiger partial charge in [-0.3, -0.25) is 14.5 Å². The number of nitrogens with zero attached hydrogens (tertiary/aromatic N) is 2. The fraction of sp³-hybridized carbons (Fsp3) is 0.409. The minimum atomic E-state index is -4.48. The molecule has 0 bridgehead atoms. The Morgan fingerprint density at radius 3 is 2.45 bits per heavy atom. The molecule has 1 aliphatic carbocycles. The van der Waals surface area contributed by atoms with Crippen LogP contribution in [0.1, 0.15) is 53.0 Å². The smallest absolute Gasteiger partial charge is 0.323 e. The van der Waals surface area contributed by atoms with Crippen molar-refractivity contribution < 1.29 is 27.6 Å². The van der Waals surface area contributed by atoms with Crippen LogP contribution in [-0.2, 0) is 11.0 Å². The molecule has 1 aromatic carbocycles. The van der Waals surface area contributed by atoms with E-state index >= 15 is 0 Å². The lowest BCUT2D eigenvalue weighted by Crippen LogP contribution is -2.44. The molecule has 2 heterocycles. The van der Waals surface area contributed by atoms with Crippen LogP contribution in [-0.4, -0.2) is 39.3 Å². The fourth-order valence-electron chi connectivity index (χ4n) is 4.63. The number of carbonyl (C=O) groups excluding carboxylic acids is 3. The maximum Gasteiger partial charge on any atom is 0.416 e. The van der Waals surface area contributed by atoms with Gasteiger partial charge in [-0.15, -0.1) is 0 Å². The van der Waals surface area contributed by atoms with E-state index in [1.54, 1.807) is 24.5 Å². The lowest BCUT2D eigenvalue weighted by molar-refractivity contribution is -0.137. The maximum atomic E-state index is 13.1. The Hall–Kier alpha value is -3.10. The van der Waals surface area contributed by atoms with E-state index in [-0.39, 0.29) is 17.2 Å². The molecule has 1 aromatic heterocycles. The van der Waals surface area contributed by atoms with Crippen molar-refractivity contribution in [3.63, 3.8) is 0 Å². The number of aromatic nitrogens is 1. The van der Waals surface area contributed by atoms with Crippen LogP contribution < -0.4 is 5.32 Å². The van der Waals surface area contributed by atoms with Crippen LogP contribution in [0.5, 0.6) is 0 Å². The first-order valence-electron chi connectivity index (χ1n) is 10.1.